The van der Waals surface area contributed by atoms with Crippen molar-refractivity contribution >= 4 is 10.2 Å². The zero-order chi connectivity index (χ0) is 13.9. The number of nitrogens with one attached hydrogen (secondary N) is 1. The van der Waals surface area contributed by atoms with Crippen LogP contribution in [0.5, 0.6) is 0 Å². The standard InChI is InChI=1S/C13H27N3O2S/c1-3-4-10-15(2)19(17,18)16-11-6-8-13(16)12-7-5-9-14-12/h12-14H,3-11H2,1-2H3. The fourth-order valence-corrected chi connectivity index (χ4v) is 4.84. The van der Waals surface area contributed by atoms with Gasteiger partial charge in [-0.05, 0) is 38.6 Å². The van der Waals surface area contributed by atoms with Crippen molar-refractivity contribution in [2.45, 2.75) is 57.5 Å². The van der Waals surface area contributed by atoms with Gasteiger partial charge in [0.2, 0.25) is 0 Å². The maximum Gasteiger partial charge on any atom is 0.282 e. The molecule has 19 heavy (non-hydrogen) atoms. The second kappa shape index (κ2) is 6.52. The van der Waals surface area contributed by atoms with Crippen molar-refractivity contribution in [2.24, 2.45) is 0 Å². The van der Waals surface area contributed by atoms with Crippen molar-refractivity contribution in [3.63, 3.8) is 0 Å². The first-order chi connectivity index (χ1) is 9.07. The lowest BCUT2D eigenvalue weighted by Crippen LogP contribution is -2.50. The number of hydrogen-bond acceptors (Lipinski definition) is 3. The van der Waals surface area contributed by atoms with Gasteiger partial charge < -0.3 is 5.32 Å². The molecule has 0 aliphatic carbocycles. The molecule has 2 rings (SSSR count). The lowest BCUT2D eigenvalue weighted by molar-refractivity contribution is 0.297. The van der Waals surface area contributed by atoms with Gasteiger partial charge in [0.05, 0.1) is 0 Å². The highest BCUT2D eigenvalue weighted by Gasteiger charge is 2.41. The minimum atomic E-state index is -3.27. The Morgan fingerprint density at radius 2 is 2.11 bits per heavy atom. The topological polar surface area (TPSA) is 52.7 Å². The zero-order valence-electron chi connectivity index (χ0n) is 12.1. The lowest BCUT2D eigenvalue weighted by Gasteiger charge is -2.32. The van der Waals surface area contributed by atoms with E-state index in [1.165, 1.54) is 10.7 Å². The molecule has 2 fully saturated rings. The van der Waals surface area contributed by atoms with Gasteiger partial charge in [-0.2, -0.15) is 17.0 Å². The molecular formula is C13H27N3O2S. The summed E-state index contributed by atoms with van der Waals surface area (Å²) >= 11 is 0. The molecule has 0 bridgehead atoms. The molecule has 0 amide bonds. The Bertz CT molecular complexity index is 379. The van der Waals surface area contributed by atoms with E-state index in [4.69, 9.17) is 0 Å². The van der Waals surface area contributed by atoms with Crippen molar-refractivity contribution in [3.05, 3.63) is 0 Å². The van der Waals surface area contributed by atoms with Crippen LogP contribution in [0.15, 0.2) is 0 Å². The average Bonchev–Trinajstić information content (AvgIpc) is 3.04. The molecular weight excluding hydrogens is 262 g/mol. The van der Waals surface area contributed by atoms with Crippen LogP contribution >= 0.6 is 0 Å². The van der Waals surface area contributed by atoms with E-state index in [1.54, 1.807) is 11.4 Å². The predicted molar refractivity (Wildman–Crippen MR) is 77.2 cm³/mol. The summed E-state index contributed by atoms with van der Waals surface area (Å²) < 4.78 is 28.5. The zero-order valence-corrected chi connectivity index (χ0v) is 13.0. The van der Waals surface area contributed by atoms with Gasteiger partial charge in [0.15, 0.2) is 0 Å². The first-order valence-corrected chi connectivity index (χ1v) is 8.93. The number of hydrogen-bond donors (Lipinski definition) is 1. The van der Waals surface area contributed by atoms with E-state index in [9.17, 15) is 8.42 Å². The van der Waals surface area contributed by atoms with E-state index < -0.39 is 10.2 Å². The quantitative estimate of drug-likeness (QED) is 0.799. The third-order valence-corrected chi connectivity index (χ3v) is 6.34. The van der Waals surface area contributed by atoms with Crippen LogP contribution in [0.25, 0.3) is 0 Å². The van der Waals surface area contributed by atoms with Gasteiger partial charge in [0, 0.05) is 32.2 Å². The summed E-state index contributed by atoms with van der Waals surface area (Å²) in [7, 11) is -1.56. The summed E-state index contributed by atoms with van der Waals surface area (Å²) in [6.07, 6.45) is 6.21. The van der Waals surface area contributed by atoms with E-state index in [-0.39, 0.29) is 6.04 Å². The molecule has 2 unspecified atom stereocenters. The number of unbranched alkanes of at least 4 members (excludes halogenated alkanes) is 1. The van der Waals surface area contributed by atoms with Gasteiger partial charge in [0.25, 0.3) is 10.2 Å². The SMILES string of the molecule is CCCCN(C)S(=O)(=O)N1CCCC1C1CCCN1. The van der Waals surface area contributed by atoms with Crippen LogP contribution in [-0.4, -0.2) is 55.8 Å². The van der Waals surface area contributed by atoms with Gasteiger partial charge >= 0.3 is 0 Å². The van der Waals surface area contributed by atoms with Crippen molar-refractivity contribution in [3.8, 4) is 0 Å². The predicted octanol–water partition coefficient (Wildman–Crippen LogP) is 1.18. The number of nitrogens with zero attached hydrogens (tertiary/aromatic N) is 2. The molecule has 0 saturated carbocycles. The van der Waals surface area contributed by atoms with Gasteiger partial charge in [-0.25, -0.2) is 0 Å². The molecule has 0 spiro atoms. The van der Waals surface area contributed by atoms with Crippen LogP contribution in [0, 0.1) is 0 Å². The largest absolute Gasteiger partial charge is 0.312 e. The Labute approximate surface area is 117 Å². The van der Waals surface area contributed by atoms with Crippen molar-refractivity contribution in [1.29, 1.82) is 0 Å². The lowest BCUT2D eigenvalue weighted by atomic mass is 10.1. The highest BCUT2D eigenvalue weighted by molar-refractivity contribution is 7.86. The molecule has 2 aliphatic rings. The van der Waals surface area contributed by atoms with E-state index >= 15 is 0 Å². The summed E-state index contributed by atoms with van der Waals surface area (Å²) in [6.45, 7) is 4.42. The van der Waals surface area contributed by atoms with E-state index in [0.29, 0.717) is 19.1 Å². The van der Waals surface area contributed by atoms with Crippen LogP contribution in [0.3, 0.4) is 0 Å². The molecule has 0 aromatic carbocycles. The van der Waals surface area contributed by atoms with E-state index in [2.05, 4.69) is 12.2 Å². The molecule has 0 aromatic rings. The van der Waals surface area contributed by atoms with Crippen molar-refractivity contribution in [1.82, 2.24) is 13.9 Å². The first kappa shape index (κ1) is 15.2. The molecule has 6 heteroatoms. The summed E-state index contributed by atoms with van der Waals surface area (Å²) in [5.41, 5.74) is 0. The minimum absolute atomic E-state index is 0.163. The summed E-state index contributed by atoms with van der Waals surface area (Å²) in [6, 6.07) is 0.522. The molecule has 2 heterocycles. The van der Waals surface area contributed by atoms with Gasteiger partial charge in [-0.1, -0.05) is 13.3 Å². The monoisotopic (exact) mass is 289 g/mol. The number of rotatable bonds is 6. The van der Waals surface area contributed by atoms with Crippen molar-refractivity contribution in [2.75, 3.05) is 26.7 Å². The second-order valence-electron chi connectivity index (χ2n) is 5.71. The normalized spacial score (nSPS) is 29.4. The summed E-state index contributed by atoms with van der Waals surface area (Å²) in [5, 5.41) is 3.46. The highest BCUT2D eigenvalue weighted by atomic mass is 32.2. The second-order valence-corrected chi connectivity index (χ2v) is 7.69. The minimum Gasteiger partial charge on any atom is -0.312 e. The van der Waals surface area contributed by atoms with Crippen molar-refractivity contribution < 1.29 is 8.42 Å². The van der Waals surface area contributed by atoms with Gasteiger partial charge in [-0.15, -0.1) is 0 Å². The smallest absolute Gasteiger partial charge is 0.282 e. The highest BCUT2D eigenvalue weighted by Crippen LogP contribution is 2.28. The Morgan fingerprint density at radius 1 is 1.32 bits per heavy atom. The fraction of sp³-hybridized carbons (Fsp3) is 1.00. The Kier molecular flexibility index (Phi) is 5.22. The molecule has 1 N–H and O–H groups in total. The molecule has 0 aromatic heterocycles. The van der Waals surface area contributed by atoms with E-state index in [1.807, 2.05) is 0 Å². The fourth-order valence-electron chi connectivity index (χ4n) is 3.17. The Morgan fingerprint density at radius 3 is 2.74 bits per heavy atom. The van der Waals surface area contributed by atoms with Crippen LogP contribution in [0.4, 0.5) is 0 Å². The Balaban J connectivity index is 2.05. The Hall–Kier alpha value is -0.170. The van der Waals surface area contributed by atoms with Crippen LogP contribution in [0.2, 0.25) is 0 Å². The molecule has 2 atom stereocenters. The molecule has 112 valence electrons. The van der Waals surface area contributed by atoms with Crippen LogP contribution in [0.1, 0.15) is 45.4 Å². The summed E-state index contributed by atoms with van der Waals surface area (Å²) in [4.78, 5) is 0. The average molecular weight is 289 g/mol. The maximum atomic E-state index is 12.6. The molecule has 2 aliphatic heterocycles. The van der Waals surface area contributed by atoms with Crippen LogP contribution in [-0.2, 0) is 10.2 Å². The molecule has 0 radical (unpaired) electrons. The third-order valence-electron chi connectivity index (χ3n) is 4.33. The molecule has 5 nitrogen and oxygen atoms in total. The van der Waals surface area contributed by atoms with Crippen LogP contribution < -0.4 is 5.32 Å². The van der Waals surface area contributed by atoms with Gasteiger partial charge in [0.1, 0.15) is 0 Å². The van der Waals surface area contributed by atoms with E-state index in [0.717, 1.165) is 38.6 Å². The first-order valence-electron chi connectivity index (χ1n) is 7.54. The molecule has 2 saturated heterocycles. The third kappa shape index (κ3) is 3.29. The maximum absolute atomic E-state index is 12.6. The van der Waals surface area contributed by atoms with Gasteiger partial charge in [-0.3, -0.25) is 0 Å². The summed E-state index contributed by atoms with van der Waals surface area (Å²) in [5.74, 6) is 0.